The first kappa shape index (κ1) is 12.1. The molecule has 1 atom stereocenters. The fourth-order valence-corrected chi connectivity index (χ4v) is 3.34. The second-order valence-corrected chi connectivity index (χ2v) is 5.61. The van der Waals surface area contributed by atoms with Gasteiger partial charge in [-0.15, -0.1) is 22.9 Å². The molecule has 3 nitrogen and oxygen atoms in total. The molecule has 0 amide bonds. The van der Waals surface area contributed by atoms with Crippen molar-refractivity contribution in [3.05, 3.63) is 11.1 Å². The Kier molecular flexibility index (Phi) is 4.05. The maximum absolute atomic E-state index is 5.79. The van der Waals surface area contributed by atoms with Gasteiger partial charge in [0.25, 0.3) is 0 Å². The number of likely N-dealkylation sites (N-methyl/N-ethyl adjacent to an activating group) is 1. The van der Waals surface area contributed by atoms with Crippen LogP contribution in [0.4, 0.5) is 5.13 Å². The van der Waals surface area contributed by atoms with Crippen molar-refractivity contribution in [3.63, 3.8) is 0 Å². The third kappa shape index (κ3) is 2.67. The number of aromatic nitrogens is 1. The number of alkyl halides is 1. The lowest BCUT2D eigenvalue weighted by Gasteiger charge is -2.26. The Bertz CT molecular complexity index is 340. The normalized spacial score (nSPS) is 21.0. The number of nitrogens with zero attached hydrogens (tertiary/aromatic N) is 3. The molecule has 16 heavy (non-hydrogen) atoms. The van der Waals surface area contributed by atoms with Gasteiger partial charge in [0.05, 0.1) is 11.6 Å². The van der Waals surface area contributed by atoms with Gasteiger partial charge in [-0.1, -0.05) is 0 Å². The average Bonchev–Trinajstić information content (AvgIpc) is 2.84. The Morgan fingerprint density at radius 3 is 3.06 bits per heavy atom. The van der Waals surface area contributed by atoms with Crippen LogP contribution < -0.4 is 4.90 Å². The fourth-order valence-electron chi connectivity index (χ4n) is 2.19. The van der Waals surface area contributed by atoms with Crippen LogP contribution in [-0.2, 0) is 5.88 Å². The molecule has 0 saturated carbocycles. The Morgan fingerprint density at radius 2 is 2.44 bits per heavy atom. The third-order valence-corrected chi connectivity index (χ3v) is 4.08. The van der Waals surface area contributed by atoms with Gasteiger partial charge in [0, 0.05) is 24.5 Å². The minimum absolute atomic E-state index is 0.517. The molecule has 1 saturated heterocycles. The molecule has 2 heterocycles. The zero-order valence-electron chi connectivity index (χ0n) is 9.82. The highest BCUT2D eigenvalue weighted by atomic mass is 35.5. The molecule has 0 N–H and O–H groups in total. The zero-order chi connectivity index (χ0) is 11.5. The zero-order valence-corrected chi connectivity index (χ0v) is 11.4. The fraction of sp³-hybridized carbons (Fsp3) is 0.727. The van der Waals surface area contributed by atoms with Gasteiger partial charge in [-0.25, -0.2) is 4.98 Å². The van der Waals surface area contributed by atoms with E-state index < -0.39 is 0 Å². The summed E-state index contributed by atoms with van der Waals surface area (Å²) >= 11 is 7.50. The molecule has 0 bridgehead atoms. The van der Waals surface area contributed by atoms with Crippen molar-refractivity contribution in [1.82, 2.24) is 9.88 Å². The van der Waals surface area contributed by atoms with Crippen molar-refractivity contribution in [2.24, 2.45) is 0 Å². The molecule has 90 valence electrons. The first-order chi connectivity index (χ1) is 7.70. The Labute approximate surface area is 106 Å². The molecule has 0 spiro atoms. The largest absolute Gasteiger partial charge is 0.344 e. The highest BCUT2D eigenvalue weighted by Gasteiger charge is 2.26. The smallest absolute Gasteiger partial charge is 0.185 e. The number of rotatable bonds is 4. The van der Waals surface area contributed by atoms with E-state index in [1.807, 2.05) is 0 Å². The summed E-state index contributed by atoms with van der Waals surface area (Å²) in [4.78, 5) is 9.24. The standard InChI is InChI=1S/C11H18ClN3S/c1-14(2)7-10-4-3-5-15(10)11-13-9(6-12)8-16-11/h8,10H,3-7H2,1-2H3. The molecule has 5 heteroatoms. The SMILES string of the molecule is CN(C)CC1CCCN1c1nc(CCl)cs1. The van der Waals surface area contributed by atoms with Crippen molar-refractivity contribution in [3.8, 4) is 0 Å². The molecule has 1 aromatic rings. The maximum atomic E-state index is 5.79. The molecule has 1 aromatic heterocycles. The number of halogens is 1. The van der Waals surface area contributed by atoms with Crippen LogP contribution in [0.5, 0.6) is 0 Å². The van der Waals surface area contributed by atoms with Crippen LogP contribution in [0.1, 0.15) is 18.5 Å². The van der Waals surface area contributed by atoms with Crippen LogP contribution in [0.15, 0.2) is 5.38 Å². The van der Waals surface area contributed by atoms with Crippen LogP contribution in [0.2, 0.25) is 0 Å². The summed E-state index contributed by atoms with van der Waals surface area (Å²) in [6, 6.07) is 0.615. The van der Waals surface area contributed by atoms with Gasteiger partial charge in [0.1, 0.15) is 0 Å². The molecule has 1 fully saturated rings. The topological polar surface area (TPSA) is 19.4 Å². The number of anilines is 1. The highest BCUT2D eigenvalue weighted by Crippen LogP contribution is 2.29. The molecule has 0 aromatic carbocycles. The second-order valence-electron chi connectivity index (χ2n) is 4.51. The Hall–Kier alpha value is -0.320. The number of thiazole rings is 1. The Balaban J connectivity index is 2.07. The summed E-state index contributed by atoms with van der Waals surface area (Å²) in [5, 5.41) is 3.20. The molecule has 0 radical (unpaired) electrons. The number of hydrogen-bond donors (Lipinski definition) is 0. The third-order valence-electron chi connectivity index (χ3n) is 2.88. The predicted molar refractivity (Wildman–Crippen MR) is 70.6 cm³/mol. The summed E-state index contributed by atoms with van der Waals surface area (Å²) in [7, 11) is 4.26. The van der Waals surface area contributed by atoms with Crippen LogP contribution in [0.3, 0.4) is 0 Å². The minimum atomic E-state index is 0.517. The van der Waals surface area contributed by atoms with Crippen molar-refractivity contribution in [2.75, 3.05) is 32.1 Å². The Morgan fingerprint density at radius 1 is 1.62 bits per heavy atom. The predicted octanol–water partition coefficient (Wildman–Crippen LogP) is 2.41. The van der Waals surface area contributed by atoms with Gasteiger partial charge in [0.15, 0.2) is 5.13 Å². The van der Waals surface area contributed by atoms with Crippen molar-refractivity contribution >= 4 is 28.1 Å². The number of hydrogen-bond acceptors (Lipinski definition) is 4. The van der Waals surface area contributed by atoms with Gasteiger partial charge in [0.2, 0.25) is 0 Å². The van der Waals surface area contributed by atoms with E-state index in [0.717, 1.165) is 23.9 Å². The van der Waals surface area contributed by atoms with Crippen molar-refractivity contribution in [2.45, 2.75) is 24.8 Å². The minimum Gasteiger partial charge on any atom is -0.344 e. The van der Waals surface area contributed by atoms with E-state index in [9.17, 15) is 0 Å². The van der Waals surface area contributed by atoms with Gasteiger partial charge in [-0.2, -0.15) is 0 Å². The van der Waals surface area contributed by atoms with Crippen molar-refractivity contribution < 1.29 is 0 Å². The van der Waals surface area contributed by atoms with Gasteiger partial charge in [-0.05, 0) is 26.9 Å². The van der Waals surface area contributed by atoms with E-state index in [0.29, 0.717) is 11.9 Å². The summed E-state index contributed by atoms with van der Waals surface area (Å²) in [6.45, 7) is 2.24. The van der Waals surface area contributed by atoms with E-state index >= 15 is 0 Å². The maximum Gasteiger partial charge on any atom is 0.185 e. The quantitative estimate of drug-likeness (QED) is 0.775. The average molecular weight is 260 g/mol. The second kappa shape index (κ2) is 5.34. The lowest BCUT2D eigenvalue weighted by molar-refractivity contribution is 0.372. The van der Waals surface area contributed by atoms with E-state index in [4.69, 9.17) is 11.6 Å². The highest BCUT2D eigenvalue weighted by molar-refractivity contribution is 7.13. The summed E-state index contributed by atoms with van der Waals surface area (Å²) in [6.07, 6.45) is 2.54. The van der Waals surface area contributed by atoms with Crippen LogP contribution in [-0.4, -0.2) is 43.1 Å². The molecule has 0 aliphatic carbocycles. The lowest BCUT2D eigenvalue weighted by atomic mass is 10.2. The van der Waals surface area contributed by atoms with Crippen LogP contribution >= 0.6 is 22.9 Å². The first-order valence-corrected chi connectivity index (χ1v) is 7.04. The van der Waals surface area contributed by atoms with E-state index in [1.165, 1.54) is 12.8 Å². The van der Waals surface area contributed by atoms with E-state index in [1.54, 1.807) is 11.3 Å². The molecule has 1 aliphatic heterocycles. The van der Waals surface area contributed by atoms with Gasteiger partial charge in [-0.3, -0.25) is 0 Å². The molecular weight excluding hydrogens is 242 g/mol. The lowest BCUT2D eigenvalue weighted by Crippen LogP contribution is -2.37. The van der Waals surface area contributed by atoms with Crippen molar-refractivity contribution in [1.29, 1.82) is 0 Å². The van der Waals surface area contributed by atoms with E-state index in [2.05, 4.69) is 34.3 Å². The molecule has 1 aliphatic rings. The molecule has 1 unspecified atom stereocenters. The van der Waals surface area contributed by atoms with Crippen LogP contribution in [0, 0.1) is 0 Å². The van der Waals surface area contributed by atoms with E-state index in [-0.39, 0.29) is 0 Å². The van der Waals surface area contributed by atoms with Crippen LogP contribution in [0.25, 0.3) is 0 Å². The van der Waals surface area contributed by atoms with Gasteiger partial charge >= 0.3 is 0 Å². The first-order valence-electron chi connectivity index (χ1n) is 5.62. The summed E-state index contributed by atoms with van der Waals surface area (Å²) < 4.78 is 0. The molecular formula is C11H18ClN3S. The van der Waals surface area contributed by atoms with Gasteiger partial charge < -0.3 is 9.80 Å². The molecule has 2 rings (SSSR count). The monoisotopic (exact) mass is 259 g/mol. The summed E-state index contributed by atoms with van der Waals surface area (Å²) in [5.74, 6) is 0.517. The summed E-state index contributed by atoms with van der Waals surface area (Å²) in [5.41, 5.74) is 0.997.